The molecule has 0 bridgehead atoms. The van der Waals surface area contributed by atoms with Crippen LogP contribution in [-0.4, -0.2) is 73.9 Å². The predicted octanol–water partition coefficient (Wildman–Crippen LogP) is 0.765. The van der Waals surface area contributed by atoms with Crippen molar-refractivity contribution in [2.75, 3.05) is 52.9 Å². The maximum Gasteiger partial charge on any atom is 0.0499 e. The second-order valence-electron chi connectivity index (χ2n) is 6.75. The monoisotopic (exact) mass is 269 g/mol. The van der Waals surface area contributed by atoms with Crippen LogP contribution < -0.4 is 5.32 Å². The molecule has 1 saturated carbocycles. The van der Waals surface area contributed by atoms with E-state index in [0.717, 1.165) is 13.1 Å². The van der Waals surface area contributed by atoms with Crippen LogP contribution in [0.15, 0.2) is 0 Å². The lowest BCUT2D eigenvalue weighted by Gasteiger charge is -2.35. The lowest BCUT2D eigenvalue weighted by atomic mass is 9.87. The Hall–Kier alpha value is -0.160. The quantitative estimate of drug-likeness (QED) is 0.747. The van der Waals surface area contributed by atoms with Crippen LogP contribution in [0.5, 0.6) is 0 Å². The first-order valence-corrected chi connectivity index (χ1v) is 7.89. The Morgan fingerprint density at radius 3 is 2.37 bits per heavy atom. The summed E-state index contributed by atoms with van der Waals surface area (Å²) in [6.07, 6.45) is 4.96. The molecular weight excluding hydrogens is 238 g/mol. The molecule has 2 N–H and O–H groups in total. The van der Waals surface area contributed by atoms with Crippen molar-refractivity contribution in [2.24, 2.45) is 5.41 Å². The first-order valence-electron chi connectivity index (χ1n) is 7.89. The van der Waals surface area contributed by atoms with Crippen LogP contribution in [0.3, 0.4) is 0 Å². The van der Waals surface area contributed by atoms with Crippen LogP contribution in [0, 0.1) is 5.41 Å². The van der Waals surface area contributed by atoms with Crippen LogP contribution in [0.1, 0.15) is 32.6 Å². The molecule has 2 aliphatic rings. The average molecular weight is 269 g/mol. The van der Waals surface area contributed by atoms with Crippen molar-refractivity contribution in [1.82, 2.24) is 15.1 Å². The van der Waals surface area contributed by atoms with Gasteiger partial charge in [0.25, 0.3) is 0 Å². The fourth-order valence-electron chi connectivity index (χ4n) is 3.39. The van der Waals surface area contributed by atoms with Gasteiger partial charge < -0.3 is 15.3 Å². The van der Waals surface area contributed by atoms with Crippen molar-refractivity contribution in [2.45, 2.75) is 38.6 Å². The van der Waals surface area contributed by atoms with Crippen LogP contribution >= 0.6 is 0 Å². The third-order valence-corrected chi connectivity index (χ3v) is 4.95. The zero-order chi connectivity index (χ0) is 13.7. The van der Waals surface area contributed by atoms with E-state index in [2.05, 4.69) is 29.1 Å². The molecule has 0 aromatic rings. The molecule has 1 unspecified atom stereocenters. The molecule has 0 aromatic carbocycles. The molecule has 2 fully saturated rings. The van der Waals surface area contributed by atoms with E-state index in [1.165, 1.54) is 51.9 Å². The Labute approximate surface area is 118 Å². The van der Waals surface area contributed by atoms with E-state index in [1.54, 1.807) is 0 Å². The summed E-state index contributed by atoms with van der Waals surface area (Å²) < 4.78 is 0. The Bertz CT molecular complexity index is 258. The van der Waals surface area contributed by atoms with Gasteiger partial charge in [0, 0.05) is 57.3 Å². The van der Waals surface area contributed by atoms with Crippen molar-refractivity contribution in [3.05, 3.63) is 0 Å². The zero-order valence-electron chi connectivity index (χ0n) is 12.7. The van der Waals surface area contributed by atoms with E-state index in [4.69, 9.17) is 0 Å². The maximum absolute atomic E-state index is 9.62. The van der Waals surface area contributed by atoms with E-state index in [0.29, 0.717) is 12.6 Å². The highest BCUT2D eigenvalue weighted by molar-refractivity contribution is 4.87. The second-order valence-corrected chi connectivity index (χ2v) is 6.75. The number of likely N-dealkylation sites (N-methyl/N-ethyl adjacent to an activating group) is 1. The van der Waals surface area contributed by atoms with Gasteiger partial charge in [0.2, 0.25) is 0 Å². The summed E-state index contributed by atoms with van der Waals surface area (Å²) in [5.74, 6) is 0. The van der Waals surface area contributed by atoms with Gasteiger partial charge in [-0.25, -0.2) is 0 Å². The molecule has 1 saturated heterocycles. The first kappa shape index (κ1) is 15.2. The highest BCUT2D eigenvalue weighted by Crippen LogP contribution is 2.36. The van der Waals surface area contributed by atoms with Gasteiger partial charge >= 0.3 is 0 Å². The second kappa shape index (κ2) is 7.02. The van der Waals surface area contributed by atoms with Crippen molar-refractivity contribution in [1.29, 1.82) is 0 Å². The number of nitrogens with one attached hydrogen (secondary N) is 1. The Morgan fingerprint density at radius 1 is 1.16 bits per heavy atom. The van der Waals surface area contributed by atoms with Gasteiger partial charge in [0.15, 0.2) is 0 Å². The summed E-state index contributed by atoms with van der Waals surface area (Å²) in [6, 6.07) is 0.521. The van der Waals surface area contributed by atoms with E-state index < -0.39 is 0 Å². The number of hydrogen-bond acceptors (Lipinski definition) is 4. The van der Waals surface area contributed by atoms with Crippen LogP contribution in [0.25, 0.3) is 0 Å². The fraction of sp³-hybridized carbons (Fsp3) is 1.00. The molecule has 112 valence electrons. The third-order valence-electron chi connectivity index (χ3n) is 4.95. The average Bonchev–Trinajstić information content (AvgIpc) is 2.89. The van der Waals surface area contributed by atoms with Gasteiger partial charge in [-0.15, -0.1) is 0 Å². The first-order chi connectivity index (χ1) is 9.13. The minimum atomic E-state index is 0.177. The molecule has 0 aromatic heterocycles. The summed E-state index contributed by atoms with van der Waals surface area (Å²) in [7, 11) is 2.20. The third kappa shape index (κ3) is 4.42. The van der Waals surface area contributed by atoms with Crippen molar-refractivity contribution < 1.29 is 5.11 Å². The number of piperazine rings is 1. The number of nitrogens with zero attached hydrogens (tertiary/aromatic N) is 2. The number of aliphatic hydroxyl groups is 1. The van der Waals surface area contributed by atoms with Gasteiger partial charge in [-0.2, -0.15) is 0 Å². The molecule has 1 atom stereocenters. The molecule has 1 heterocycles. The lowest BCUT2D eigenvalue weighted by molar-refractivity contribution is 0.114. The highest BCUT2D eigenvalue weighted by Gasteiger charge is 2.33. The summed E-state index contributed by atoms with van der Waals surface area (Å²) >= 11 is 0. The molecule has 0 amide bonds. The SMILES string of the molecule is CC(CN1CCN(C)CC1)NCC1(CO)CCCC1. The van der Waals surface area contributed by atoms with E-state index in [9.17, 15) is 5.11 Å². The maximum atomic E-state index is 9.62. The van der Waals surface area contributed by atoms with Gasteiger partial charge in [-0.3, -0.25) is 4.90 Å². The zero-order valence-corrected chi connectivity index (χ0v) is 12.7. The molecule has 4 heteroatoms. The molecule has 0 radical (unpaired) electrons. The predicted molar refractivity (Wildman–Crippen MR) is 79.4 cm³/mol. The minimum Gasteiger partial charge on any atom is -0.396 e. The highest BCUT2D eigenvalue weighted by atomic mass is 16.3. The smallest absolute Gasteiger partial charge is 0.0499 e. The van der Waals surface area contributed by atoms with Gasteiger partial charge in [0.05, 0.1) is 0 Å². The van der Waals surface area contributed by atoms with Crippen LogP contribution in [0.4, 0.5) is 0 Å². The van der Waals surface area contributed by atoms with E-state index >= 15 is 0 Å². The standard InChI is InChI=1S/C15H31N3O/c1-14(11-18-9-7-17(2)8-10-18)16-12-15(13-19)5-3-4-6-15/h14,16,19H,3-13H2,1-2H3. The van der Waals surface area contributed by atoms with Crippen molar-refractivity contribution in [3.8, 4) is 0 Å². The summed E-state index contributed by atoms with van der Waals surface area (Å²) in [6.45, 7) is 9.50. The molecule has 2 rings (SSSR count). The van der Waals surface area contributed by atoms with Crippen molar-refractivity contribution in [3.63, 3.8) is 0 Å². The molecule has 4 nitrogen and oxygen atoms in total. The number of aliphatic hydroxyl groups excluding tert-OH is 1. The van der Waals surface area contributed by atoms with Crippen molar-refractivity contribution >= 4 is 0 Å². The Kier molecular flexibility index (Phi) is 5.63. The summed E-state index contributed by atoms with van der Waals surface area (Å²) in [5, 5.41) is 13.3. The van der Waals surface area contributed by atoms with Gasteiger partial charge in [-0.05, 0) is 26.8 Å². The topological polar surface area (TPSA) is 38.7 Å². The van der Waals surface area contributed by atoms with E-state index in [1.807, 2.05) is 0 Å². The summed E-state index contributed by atoms with van der Waals surface area (Å²) in [4.78, 5) is 4.95. The Balaban J connectivity index is 1.68. The number of hydrogen-bond donors (Lipinski definition) is 2. The lowest BCUT2D eigenvalue weighted by Crippen LogP contribution is -2.50. The number of rotatable bonds is 6. The molecular formula is C15H31N3O. The largest absolute Gasteiger partial charge is 0.396 e. The van der Waals surface area contributed by atoms with Crippen LogP contribution in [0.2, 0.25) is 0 Å². The van der Waals surface area contributed by atoms with E-state index in [-0.39, 0.29) is 5.41 Å². The normalized spacial score (nSPS) is 26.7. The molecule has 1 aliphatic heterocycles. The van der Waals surface area contributed by atoms with Gasteiger partial charge in [0.1, 0.15) is 0 Å². The molecule has 1 aliphatic carbocycles. The van der Waals surface area contributed by atoms with Gasteiger partial charge in [-0.1, -0.05) is 12.8 Å². The summed E-state index contributed by atoms with van der Waals surface area (Å²) in [5.41, 5.74) is 0.177. The minimum absolute atomic E-state index is 0.177. The fourth-order valence-corrected chi connectivity index (χ4v) is 3.39. The van der Waals surface area contributed by atoms with Crippen LogP contribution in [-0.2, 0) is 0 Å². The molecule has 19 heavy (non-hydrogen) atoms. The Morgan fingerprint density at radius 2 is 1.79 bits per heavy atom. The molecule has 0 spiro atoms.